The highest BCUT2D eigenvalue weighted by Gasteiger charge is 2.12. The van der Waals surface area contributed by atoms with E-state index in [1.54, 1.807) is 0 Å². The second kappa shape index (κ2) is 7.27. The highest BCUT2D eigenvalue weighted by molar-refractivity contribution is 6.33. The van der Waals surface area contributed by atoms with Crippen LogP contribution in [0.25, 0.3) is 54.6 Å². The first-order chi connectivity index (χ1) is 15.3. The van der Waals surface area contributed by atoms with Crippen molar-refractivity contribution in [1.29, 1.82) is 0 Å². The van der Waals surface area contributed by atoms with Crippen LogP contribution in [0.4, 0.5) is 0 Å². The molecule has 31 heavy (non-hydrogen) atoms. The molecular weight excluding hydrogens is 396 g/mol. The first kappa shape index (κ1) is 18.2. The lowest BCUT2D eigenvalue weighted by Crippen LogP contribution is -1.87. The van der Waals surface area contributed by atoms with E-state index in [0.29, 0.717) is 0 Å². The van der Waals surface area contributed by atoms with Crippen LogP contribution in [0.1, 0.15) is 0 Å². The van der Waals surface area contributed by atoms with E-state index in [1.165, 1.54) is 43.4 Å². The summed E-state index contributed by atoms with van der Waals surface area (Å²) in [6.07, 6.45) is 0. The predicted octanol–water partition coefficient (Wildman–Crippen LogP) is 9.13. The Morgan fingerprint density at radius 2 is 1.06 bits per heavy atom. The Morgan fingerprint density at radius 1 is 0.387 bits per heavy atom. The van der Waals surface area contributed by atoms with Crippen LogP contribution in [0.2, 0.25) is 5.02 Å². The summed E-state index contributed by atoms with van der Waals surface area (Å²) in [5.74, 6) is 0. The van der Waals surface area contributed by atoms with Crippen molar-refractivity contribution < 1.29 is 0 Å². The zero-order valence-corrected chi connectivity index (χ0v) is 17.6. The third-order valence-electron chi connectivity index (χ3n) is 6.11. The molecule has 0 aliphatic heterocycles. The summed E-state index contributed by atoms with van der Waals surface area (Å²) in [7, 11) is 0. The molecule has 0 aliphatic carbocycles. The van der Waals surface area contributed by atoms with Gasteiger partial charge < -0.3 is 0 Å². The highest BCUT2D eigenvalue weighted by Crippen LogP contribution is 2.39. The van der Waals surface area contributed by atoms with E-state index < -0.39 is 0 Å². The van der Waals surface area contributed by atoms with Crippen LogP contribution in [0.5, 0.6) is 0 Å². The Bertz CT molecular complexity index is 1590. The summed E-state index contributed by atoms with van der Waals surface area (Å²) in [4.78, 5) is 0. The van der Waals surface area contributed by atoms with Crippen LogP contribution >= 0.6 is 11.6 Å². The van der Waals surface area contributed by atoms with Crippen LogP contribution < -0.4 is 0 Å². The van der Waals surface area contributed by atoms with Gasteiger partial charge in [-0.25, -0.2) is 0 Å². The summed E-state index contributed by atoms with van der Waals surface area (Å²) in [5.41, 5.74) is 4.67. The van der Waals surface area contributed by atoms with E-state index in [9.17, 15) is 0 Å². The fourth-order valence-corrected chi connectivity index (χ4v) is 4.81. The Balaban J connectivity index is 1.69. The van der Waals surface area contributed by atoms with Gasteiger partial charge in [-0.05, 0) is 73.3 Å². The summed E-state index contributed by atoms with van der Waals surface area (Å²) in [6.45, 7) is 0. The SMILES string of the molecule is Clc1ccccc1-c1ccc2c(c1)c(-c1ccc3ccccc3c1)cc1ccccc12. The largest absolute Gasteiger partial charge is 0.0837 e. The molecule has 0 heterocycles. The Labute approximate surface area is 186 Å². The zero-order chi connectivity index (χ0) is 20.8. The van der Waals surface area contributed by atoms with Gasteiger partial charge in [-0.3, -0.25) is 0 Å². The van der Waals surface area contributed by atoms with Gasteiger partial charge in [-0.1, -0.05) is 103 Å². The van der Waals surface area contributed by atoms with Gasteiger partial charge in [0.25, 0.3) is 0 Å². The summed E-state index contributed by atoms with van der Waals surface area (Å²) in [6, 6.07) is 40.9. The van der Waals surface area contributed by atoms with E-state index >= 15 is 0 Å². The second-order valence-electron chi connectivity index (χ2n) is 7.95. The lowest BCUT2D eigenvalue weighted by atomic mass is 9.90. The maximum atomic E-state index is 6.53. The first-order valence-electron chi connectivity index (χ1n) is 10.5. The van der Waals surface area contributed by atoms with Gasteiger partial charge in [0.15, 0.2) is 0 Å². The molecule has 0 amide bonds. The topological polar surface area (TPSA) is 0 Å². The first-order valence-corrected chi connectivity index (χ1v) is 10.9. The fraction of sp³-hybridized carbons (Fsp3) is 0. The van der Waals surface area contributed by atoms with Gasteiger partial charge >= 0.3 is 0 Å². The number of benzene rings is 6. The van der Waals surface area contributed by atoms with Crippen molar-refractivity contribution in [3.8, 4) is 22.3 Å². The lowest BCUT2D eigenvalue weighted by Gasteiger charge is -2.14. The maximum absolute atomic E-state index is 6.53. The van der Waals surface area contributed by atoms with Crippen molar-refractivity contribution in [3.05, 3.63) is 120 Å². The monoisotopic (exact) mass is 414 g/mol. The van der Waals surface area contributed by atoms with Gasteiger partial charge in [0.05, 0.1) is 0 Å². The molecule has 0 atom stereocenters. The average molecular weight is 415 g/mol. The van der Waals surface area contributed by atoms with Crippen molar-refractivity contribution in [1.82, 2.24) is 0 Å². The quantitative estimate of drug-likeness (QED) is 0.248. The molecule has 0 aliphatic rings. The predicted molar refractivity (Wildman–Crippen MR) is 135 cm³/mol. The van der Waals surface area contributed by atoms with Crippen LogP contribution in [-0.2, 0) is 0 Å². The molecule has 0 spiro atoms. The summed E-state index contributed by atoms with van der Waals surface area (Å²) < 4.78 is 0. The third kappa shape index (κ3) is 3.08. The molecule has 6 aromatic rings. The van der Waals surface area contributed by atoms with Crippen LogP contribution in [0, 0.1) is 0 Å². The molecule has 0 saturated heterocycles. The molecule has 0 radical (unpaired) electrons. The molecule has 0 saturated carbocycles. The van der Waals surface area contributed by atoms with Crippen molar-refractivity contribution >= 4 is 43.9 Å². The molecular formula is C30H19Cl. The van der Waals surface area contributed by atoms with E-state index in [0.717, 1.165) is 16.1 Å². The van der Waals surface area contributed by atoms with Crippen molar-refractivity contribution in [2.45, 2.75) is 0 Å². The van der Waals surface area contributed by atoms with E-state index in [2.05, 4.69) is 97.1 Å². The van der Waals surface area contributed by atoms with Gasteiger partial charge in [-0.2, -0.15) is 0 Å². The Kier molecular flexibility index (Phi) is 4.26. The fourth-order valence-electron chi connectivity index (χ4n) is 4.56. The Hall–Kier alpha value is -3.61. The molecule has 0 nitrogen and oxygen atoms in total. The second-order valence-corrected chi connectivity index (χ2v) is 8.35. The van der Waals surface area contributed by atoms with Gasteiger partial charge in [-0.15, -0.1) is 0 Å². The molecule has 146 valence electrons. The minimum atomic E-state index is 0.773. The molecule has 0 aromatic heterocycles. The molecule has 0 bridgehead atoms. The normalized spacial score (nSPS) is 11.4. The van der Waals surface area contributed by atoms with E-state index in [4.69, 9.17) is 11.6 Å². The number of halogens is 1. The number of hydrogen-bond donors (Lipinski definition) is 0. The average Bonchev–Trinajstić information content (AvgIpc) is 2.83. The van der Waals surface area contributed by atoms with Crippen molar-refractivity contribution in [3.63, 3.8) is 0 Å². The van der Waals surface area contributed by atoms with Gasteiger partial charge in [0.2, 0.25) is 0 Å². The summed E-state index contributed by atoms with van der Waals surface area (Å²) >= 11 is 6.53. The van der Waals surface area contributed by atoms with Gasteiger partial charge in [0, 0.05) is 10.6 Å². The van der Waals surface area contributed by atoms with Crippen LogP contribution in [0.15, 0.2) is 115 Å². The third-order valence-corrected chi connectivity index (χ3v) is 6.44. The van der Waals surface area contributed by atoms with Crippen molar-refractivity contribution in [2.75, 3.05) is 0 Å². The molecule has 1 heteroatoms. The molecule has 6 rings (SSSR count). The van der Waals surface area contributed by atoms with E-state index in [1.807, 2.05) is 18.2 Å². The zero-order valence-electron chi connectivity index (χ0n) is 16.8. The number of fused-ring (bicyclic) bond motifs is 4. The Morgan fingerprint density at radius 3 is 1.94 bits per heavy atom. The molecule has 0 N–H and O–H groups in total. The number of rotatable bonds is 2. The minimum Gasteiger partial charge on any atom is -0.0837 e. The maximum Gasteiger partial charge on any atom is 0.0484 e. The van der Waals surface area contributed by atoms with E-state index in [-0.39, 0.29) is 0 Å². The smallest absolute Gasteiger partial charge is 0.0484 e. The lowest BCUT2D eigenvalue weighted by molar-refractivity contribution is 1.64. The van der Waals surface area contributed by atoms with Crippen molar-refractivity contribution in [2.24, 2.45) is 0 Å². The number of hydrogen-bond acceptors (Lipinski definition) is 0. The van der Waals surface area contributed by atoms with Crippen LogP contribution in [-0.4, -0.2) is 0 Å². The molecule has 0 fully saturated rings. The molecule has 6 aromatic carbocycles. The van der Waals surface area contributed by atoms with Crippen LogP contribution in [0.3, 0.4) is 0 Å². The summed E-state index contributed by atoms with van der Waals surface area (Å²) in [5, 5.41) is 8.31. The molecule has 0 unspecified atom stereocenters. The standard InChI is InChI=1S/C30H19Cl/c31-30-12-6-5-11-26(30)24-15-16-27-25-10-4-3-9-22(25)18-28(29(27)19-24)23-14-13-20-7-1-2-8-21(20)17-23/h1-19H. The highest BCUT2D eigenvalue weighted by atomic mass is 35.5. The van der Waals surface area contributed by atoms with Gasteiger partial charge in [0.1, 0.15) is 0 Å². The minimum absolute atomic E-state index is 0.773.